The quantitative estimate of drug-likeness (QED) is 0.0261. The molecule has 0 aromatic rings. The number of unbranched alkanes of at least 4 members (excludes halogenated alkanes) is 19. The monoisotopic (exact) mass is 1090 g/mol. The van der Waals surface area contributed by atoms with Crippen molar-refractivity contribution in [3.8, 4) is 0 Å². The fraction of sp³-hybridized carbons (Fsp3) is 0.603. The minimum atomic E-state index is -0.820. The Kier molecular flexibility index (Phi) is 61.4. The molecule has 0 radical (unpaired) electrons. The van der Waals surface area contributed by atoms with E-state index in [4.69, 9.17) is 14.2 Å². The van der Waals surface area contributed by atoms with Crippen LogP contribution in [0.3, 0.4) is 0 Å². The van der Waals surface area contributed by atoms with Crippen molar-refractivity contribution in [2.75, 3.05) is 13.2 Å². The number of esters is 3. The standard InChI is InChI=1S/C73H116O6/c1-4-7-10-13-16-19-22-25-28-31-33-34-35-36-37-38-40-42-45-48-51-54-57-60-63-66-72(75)78-69-70(68-77-71(74)65-62-59-56-53-50-47-44-41-30-27-24-21-18-15-12-9-6-3)79-73(76)67-64-61-58-55-52-49-46-43-39-32-29-26-23-20-17-14-11-8-5-2/h7,9-10,12,16-21,25-30,33-34,36-37,39,43-44,47,53,56,70H,4-6,8,11,13-15,22-24,31-32,35,38,40-42,45-46,48-52,54-55,57-69H2,1-3H3/b10-7-,12-9-,19-16-,20-17-,21-18-,28-25-,29-26-,30-27-,34-33-,37-36-,43-39-,47-44-,56-53-. The number of allylic oxidation sites excluding steroid dienone is 26. The van der Waals surface area contributed by atoms with E-state index in [-0.39, 0.29) is 37.5 Å². The molecule has 0 aliphatic rings. The second-order valence-corrected chi connectivity index (χ2v) is 20.5. The van der Waals surface area contributed by atoms with Gasteiger partial charge >= 0.3 is 17.9 Å². The predicted molar refractivity (Wildman–Crippen MR) is 343 cm³/mol. The van der Waals surface area contributed by atoms with Gasteiger partial charge in [0.1, 0.15) is 13.2 Å². The van der Waals surface area contributed by atoms with E-state index in [1.54, 1.807) is 0 Å². The number of hydrogen-bond donors (Lipinski definition) is 0. The van der Waals surface area contributed by atoms with Crippen LogP contribution >= 0.6 is 0 Å². The van der Waals surface area contributed by atoms with Gasteiger partial charge in [0.25, 0.3) is 0 Å². The molecule has 0 aromatic heterocycles. The molecule has 0 fully saturated rings. The van der Waals surface area contributed by atoms with Gasteiger partial charge in [0.15, 0.2) is 6.10 Å². The Morgan fingerprint density at radius 1 is 0.266 bits per heavy atom. The van der Waals surface area contributed by atoms with E-state index in [9.17, 15) is 14.4 Å². The number of ether oxygens (including phenoxy) is 3. The van der Waals surface area contributed by atoms with Crippen molar-refractivity contribution in [3.05, 3.63) is 158 Å². The first-order chi connectivity index (χ1) is 39.0. The summed E-state index contributed by atoms with van der Waals surface area (Å²) < 4.78 is 16.9. The van der Waals surface area contributed by atoms with Gasteiger partial charge in [-0.15, -0.1) is 0 Å². The van der Waals surface area contributed by atoms with Crippen molar-refractivity contribution < 1.29 is 28.6 Å². The molecule has 0 heterocycles. The lowest BCUT2D eigenvalue weighted by atomic mass is 10.1. The summed E-state index contributed by atoms with van der Waals surface area (Å²) in [6.07, 6.45) is 95.3. The van der Waals surface area contributed by atoms with E-state index < -0.39 is 6.10 Å². The first-order valence-electron chi connectivity index (χ1n) is 32.0. The Morgan fingerprint density at radius 2 is 0.506 bits per heavy atom. The van der Waals surface area contributed by atoms with E-state index >= 15 is 0 Å². The highest BCUT2D eigenvalue weighted by Gasteiger charge is 2.19. The average molecular weight is 1090 g/mol. The third kappa shape index (κ3) is 63.7. The molecule has 0 bridgehead atoms. The molecular weight excluding hydrogens is 973 g/mol. The summed E-state index contributed by atoms with van der Waals surface area (Å²) in [6, 6.07) is 0. The smallest absolute Gasteiger partial charge is 0.306 e. The zero-order chi connectivity index (χ0) is 57.1. The first-order valence-corrected chi connectivity index (χ1v) is 32.0. The van der Waals surface area contributed by atoms with Crippen molar-refractivity contribution in [2.45, 2.75) is 271 Å². The second-order valence-electron chi connectivity index (χ2n) is 20.5. The Hall–Kier alpha value is -4.97. The summed E-state index contributed by atoms with van der Waals surface area (Å²) in [7, 11) is 0. The van der Waals surface area contributed by atoms with E-state index in [2.05, 4.69) is 179 Å². The molecule has 0 N–H and O–H groups in total. The normalized spacial score (nSPS) is 13.2. The van der Waals surface area contributed by atoms with E-state index in [0.29, 0.717) is 19.3 Å². The largest absolute Gasteiger partial charge is 0.462 e. The summed E-state index contributed by atoms with van der Waals surface area (Å²) in [6.45, 7) is 6.32. The molecule has 6 nitrogen and oxygen atoms in total. The van der Waals surface area contributed by atoms with Crippen LogP contribution in [0.4, 0.5) is 0 Å². The van der Waals surface area contributed by atoms with Crippen molar-refractivity contribution in [1.82, 2.24) is 0 Å². The van der Waals surface area contributed by atoms with Crippen LogP contribution in [0.5, 0.6) is 0 Å². The third-order valence-corrected chi connectivity index (χ3v) is 13.0. The zero-order valence-electron chi connectivity index (χ0n) is 50.8. The van der Waals surface area contributed by atoms with Crippen LogP contribution in [0.25, 0.3) is 0 Å². The minimum Gasteiger partial charge on any atom is -0.462 e. The molecule has 0 rings (SSSR count). The number of carbonyl (C=O) groups is 3. The lowest BCUT2D eigenvalue weighted by molar-refractivity contribution is -0.167. The Bertz CT molecular complexity index is 1780. The van der Waals surface area contributed by atoms with E-state index in [0.717, 1.165) is 141 Å². The maximum atomic E-state index is 12.9. The molecule has 0 aliphatic carbocycles. The summed E-state index contributed by atoms with van der Waals surface area (Å²) in [5.41, 5.74) is 0. The zero-order valence-corrected chi connectivity index (χ0v) is 50.8. The lowest BCUT2D eigenvalue weighted by Gasteiger charge is -2.18. The van der Waals surface area contributed by atoms with Crippen LogP contribution in [-0.4, -0.2) is 37.2 Å². The van der Waals surface area contributed by atoms with Gasteiger partial charge < -0.3 is 14.2 Å². The number of hydrogen-bond acceptors (Lipinski definition) is 6. The molecule has 0 spiro atoms. The summed E-state index contributed by atoms with van der Waals surface area (Å²) in [5.74, 6) is -0.992. The molecule has 79 heavy (non-hydrogen) atoms. The first kappa shape index (κ1) is 74.0. The number of carbonyl (C=O) groups excluding carboxylic acids is 3. The topological polar surface area (TPSA) is 78.9 Å². The molecule has 0 aromatic carbocycles. The fourth-order valence-corrected chi connectivity index (χ4v) is 8.28. The second kappa shape index (κ2) is 65.5. The van der Waals surface area contributed by atoms with Gasteiger partial charge in [-0.3, -0.25) is 14.4 Å². The SMILES string of the molecule is CC/C=C\C/C=C\C/C=C\C/C=C\C/C=C\CCCCCCCCCCCC(=O)OCC(COC(=O)CCC/C=C\C/C=C\C/C=C\C/C=C\C/C=C\CC)OC(=O)CCCCCCCC/C=C\C/C=C\C/C=C\CCCCC. The molecule has 6 heteroatoms. The molecule has 0 saturated carbocycles. The molecule has 1 unspecified atom stereocenters. The lowest BCUT2D eigenvalue weighted by Crippen LogP contribution is -2.30. The molecule has 0 saturated heterocycles. The van der Waals surface area contributed by atoms with Crippen LogP contribution in [0, 0.1) is 0 Å². The summed E-state index contributed by atoms with van der Waals surface area (Å²) in [4.78, 5) is 38.3. The highest BCUT2D eigenvalue weighted by molar-refractivity contribution is 5.71. The van der Waals surface area contributed by atoms with E-state index in [1.807, 2.05) is 0 Å². The van der Waals surface area contributed by atoms with Crippen LogP contribution < -0.4 is 0 Å². The number of rotatable bonds is 56. The Morgan fingerprint density at radius 3 is 0.823 bits per heavy atom. The van der Waals surface area contributed by atoms with Gasteiger partial charge in [0, 0.05) is 19.3 Å². The highest BCUT2D eigenvalue weighted by Crippen LogP contribution is 2.14. The van der Waals surface area contributed by atoms with E-state index in [1.165, 1.54) is 77.0 Å². The molecule has 0 aliphatic heterocycles. The van der Waals surface area contributed by atoms with Gasteiger partial charge in [-0.25, -0.2) is 0 Å². The molecule has 444 valence electrons. The van der Waals surface area contributed by atoms with Gasteiger partial charge in [0.05, 0.1) is 0 Å². The van der Waals surface area contributed by atoms with Gasteiger partial charge in [0.2, 0.25) is 0 Å². The Labute approximate surface area is 486 Å². The summed E-state index contributed by atoms with van der Waals surface area (Å²) in [5, 5.41) is 0. The minimum absolute atomic E-state index is 0.111. The van der Waals surface area contributed by atoms with Crippen molar-refractivity contribution in [1.29, 1.82) is 0 Å². The predicted octanol–water partition coefficient (Wildman–Crippen LogP) is 22.1. The third-order valence-electron chi connectivity index (χ3n) is 13.0. The van der Waals surface area contributed by atoms with Crippen LogP contribution in [0.1, 0.15) is 265 Å². The van der Waals surface area contributed by atoms with Crippen LogP contribution in [0.15, 0.2) is 158 Å². The van der Waals surface area contributed by atoms with Crippen LogP contribution in [-0.2, 0) is 28.6 Å². The van der Waals surface area contributed by atoms with Gasteiger partial charge in [-0.1, -0.05) is 262 Å². The van der Waals surface area contributed by atoms with Gasteiger partial charge in [-0.05, 0) is 141 Å². The van der Waals surface area contributed by atoms with Gasteiger partial charge in [-0.2, -0.15) is 0 Å². The Balaban J connectivity index is 4.49. The maximum Gasteiger partial charge on any atom is 0.306 e. The fourth-order valence-electron chi connectivity index (χ4n) is 8.28. The molecular formula is C73H116O6. The highest BCUT2D eigenvalue weighted by atomic mass is 16.6. The van der Waals surface area contributed by atoms with Crippen molar-refractivity contribution in [2.24, 2.45) is 0 Å². The van der Waals surface area contributed by atoms with Crippen molar-refractivity contribution in [3.63, 3.8) is 0 Å². The maximum absolute atomic E-state index is 12.9. The molecule has 0 amide bonds. The summed E-state index contributed by atoms with van der Waals surface area (Å²) >= 11 is 0. The van der Waals surface area contributed by atoms with Crippen molar-refractivity contribution >= 4 is 17.9 Å². The van der Waals surface area contributed by atoms with Crippen LogP contribution in [0.2, 0.25) is 0 Å². The average Bonchev–Trinajstić information content (AvgIpc) is 3.45. The molecule has 1 atom stereocenters.